The lowest BCUT2D eigenvalue weighted by Gasteiger charge is -2.01. The Bertz CT molecular complexity index is 571. The summed E-state index contributed by atoms with van der Waals surface area (Å²) in [4.78, 5) is 14.8. The van der Waals surface area contributed by atoms with E-state index in [0.29, 0.717) is 0 Å². The Morgan fingerprint density at radius 1 is 1.21 bits per heavy atom. The summed E-state index contributed by atoms with van der Waals surface area (Å²) in [6.45, 7) is 2.17. The molecule has 0 fully saturated rings. The summed E-state index contributed by atoms with van der Waals surface area (Å²) in [5.74, 6) is 0.183. The van der Waals surface area contributed by atoms with Crippen LogP contribution in [0.15, 0.2) is 30.3 Å². The maximum atomic E-state index is 12.4. The number of rotatable bonds is 4. The predicted molar refractivity (Wildman–Crippen MR) is 80.2 cm³/mol. The van der Waals surface area contributed by atoms with Crippen LogP contribution >= 0.6 is 11.3 Å². The van der Waals surface area contributed by atoms with Crippen molar-refractivity contribution in [3.8, 4) is 0 Å². The van der Waals surface area contributed by atoms with Crippen LogP contribution in [0.4, 0.5) is 0 Å². The first-order valence-electron chi connectivity index (χ1n) is 7.03. The van der Waals surface area contributed by atoms with Gasteiger partial charge in [-0.05, 0) is 42.9 Å². The summed E-state index contributed by atoms with van der Waals surface area (Å²) in [5.41, 5.74) is 3.53. The normalized spacial score (nSPS) is 13.5. The van der Waals surface area contributed by atoms with Gasteiger partial charge >= 0.3 is 0 Å². The van der Waals surface area contributed by atoms with Gasteiger partial charge in [0, 0.05) is 10.4 Å². The minimum absolute atomic E-state index is 0.183. The molecule has 1 aromatic heterocycles. The molecule has 3 rings (SSSR count). The lowest BCUT2D eigenvalue weighted by molar-refractivity contribution is 0.104. The van der Waals surface area contributed by atoms with E-state index in [1.807, 2.05) is 12.1 Å². The van der Waals surface area contributed by atoms with E-state index in [1.165, 1.54) is 22.4 Å². The lowest BCUT2D eigenvalue weighted by atomic mass is 10.0. The molecule has 0 unspecified atom stereocenters. The maximum Gasteiger partial charge on any atom is 0.202 e. The highest BCUT2D eigenvalue weighted by atomic mass is 32.1. The molecule has 1 nitrogen and oxygen atoms in total. The van der Waals surface area contributed by atoms with Gasteiger partial charge in [-0.25, -0.2) is 0 Å². The molecule has 0 N–H and O–H groups in total. The second-order valence-corrected chi connectivity index (χ2v) is 6.33. The summed E-state index contributed by atoms with van der Waals surface area (Å²) in [7, 11) is 0. The van der Waals surface area contributed by atoms with Gasteiger partial charge in [-0.3, -0.25) is 4.79 Å². The van der Waals surface area contributed by atoms with E-state index < -0.39 is 0 Å². The van der Waals surface area contributed by atoms with Crippen LogP contribution in [0.5, 0.6) is 0 Å². The van der Waals surface area contributed by atoms with Crippen molar-refractivity contribution in [2.75, 3.05) is 0 Å². The Morgan fingerprint density at radius 2 is 2.00 bits per heavy atom. The van der Waals surface area contributed by atoms with Gasteiger partial charge in [-0.15, -0.1) is 11.3 Å². The molecule has 98 valence electrons. The molecule has 1 heterocycles. The molecule has 0 bridgehead atoms. The molecule has 0 atom stereocenters. The molecular formula is C17H18OS. The number of carbonyl (C=O) groups excluding carboxylic acids is 1. The highest BCUT2D eigenvalue weighted by molar-refractivity contribution is 7.14. The van der Waals surface area contributed by atoms with Crippen molar-refractivity contribution in [2.45, 2.75) is 39.0 Å². The predicted octanol–water partition coefficient (Wildman–Crippen LogP) is 4.42. The van der Waals surface area contributed by atoms with E-state index in [4.69, 9.17) is 0 Å². The third kappa shape index (κ3) is 2.50. The van der Waals surface area contributed by atoms with E-state index in [2.05, 4.69) is 25.1 Å². The van der Waals surface area contributed by atoms with Gasteiger partial charge in [-0.1, -0.05) is 37.6 Å². The largest absolute Gasteiger partial charge is 0.288 e. The van der Waals surface area contributed by atoms with Crippen LogP contribution in [0, 0.1) is 0 Å². The average Bonchev–Trinajstić information content (AvgIpc) is 3.00. The zero-order chi connectivity index (χ0) is 13.2. The van der Waals surface area contributed by atoms with Crippen LogP contribution in [0.3, 0.4) is 0 Å². The number of fused-ring (bicyclic) bond motifs is 1. The Kier molecular flexibility index (Phi) is 3.52. The number of carbonyl (C=O) groups is 1. The number of hydrogen-bond acceptors (Lipinski definition) is 2. The van der Waals surface area contributed by atoms with Gasteiger partial charge in [0.05, 0.1) is 4.88 Å². The maximum absolute atomic E-state index is 12.4. The molecule has 0 saturated carbocycles. The molecular weight excluding hydrogens is 252 g/mol. The van der Waals surface area contributed by atoms with Crippen molar-refractivity contribution < 1.29 is 4.79 Å². The fraction of sp³-hybridized carbons (Fsp3) is 0.353. The first-order valence-corrected chi connectivity index (χ1v) is 7.85. The summed E-state index contributed by atoms with van der Waals surface area (Å²) in [5, 5.41) is 0. The van der Waals surface area contributed by atoms with Gasteiger partial charge in [0.15, 0.2) is 0 Å². The molecule has 0 saturated heterocycles. The number of benzene rings is 1. The number of thiophene rings is 1. The third-order valence-electron chi connectivity index (χ3n) is 3.73. The van der Waals surface area contributed by atoms with Crippen LogP contribution in [-0.4, -0.2) is 5.78 Å². The highest BCUT2D eigenvalue weighted by Gasteiger charge is 2.19. The zero-order valence-electron chi connectivity index (χ0n) is 11.2. The Hall–Kier alpha value is -1.41. The smallest absolute Gasteiger partial charge is 0.202 e. The van der Waals surface area contributed by atoms with Crippen molar-refractivity contribution in [1.82, 2.24) is 0 Å². The SMILES string of the molecule is CCCc1ccc(C(=O)c2cc3c(s2)CCC3)cc1. The van der Waals surface area contributed by atoms with Crippen molar-refractivity contribution in [3.05, 3.63) is 56.8 Å². The van der Waals surface area contributed by atoms with Crippen LogP contribution in [0.1, 0.15) is 51.0 Å². The van der Waals surface area contributed by atoms with Crippen LogP contribution in [-0.2, 0) is 19.3 Å². The van der Waals surface area contributed by atoms with Crippen molar-refractivity contribution in [2.24, 2.45) is 0 Å². The molecule has 0 radical (unpaired) electrons. The topological polar surface area (TPSA) is 17.1 Å². The molecule has 2 aromatic rings. The lowest BCUT2D eigenvalue weighted by Crippen LogP contribution is -1.99. The van der Waals surface area contributed by atoms with Crippen molar-refractivity contribution in [1.29, 1.82) is 0 Å². The van der Waals surface area contributed by atoms with Crippen LogP contribution < -0.4 is 0 Å². The first-order chi connectivity index (χ1) is 9.28. The Morgan fingerprint density at radius 3 is 2.68 bits per heavy atom. The minimum atomic E-state index is 0.183. The molecule has 1 aliphatic rings. The van der Waals surface area contributed by atoms with E-state index in [0.717, 1.165) is 36.1 Å². The minimum Gasteiger partial charge on any atom is -0.288 e. The molecule has 1 aliphatic carbocycles. The van der Waals surface area contributed by atoms with Gasteiger partial charge in [0.2, 0.25) is 5.78 Å². The van der Waals surface area contributed by atoms with Crippen molar-refractivity contribution >= 4 is 17.1 Å². The van der Waals surface area contributed by atoms with E-state index in [-0.39, 0.29) is 5.78 Å². The molecule has 0 spiro atoms. The monoisotopic (exact) mass is 270 g/mol. The summed E-state index contributed by atoms with van der Waals surface area (Å²) in [6, 6.07) is 10.2. The molecule has 1 aromatic carbocycles. The van der Waals surface area contributed by atoms with E-state index in [1.54, 1.807) is 11.3 Å². The quantitative estimate of drug-likeness (QED) is 0.752. The van der Waals surface area contributed by atoms with E-state index in [9.17, 15) is 4.79 Å². The fourth-order valence-electron chi connectivity index (χ4n) is 2.69. The van der Waals surface area contributed by atoms with Gasteiger partial charge in [0.25, 0.3) is 0 Å². The number of ketones is 1. The summed E-state index contributed by atoms with van der Waals surface area (Å²) < 4.78 is 0. The van der Waals surface area contributed by atoms with Crippen molar-refractivity contribution in [3.63, 3.8) is 0 Å². The van der Waals surface area contributed by atoms with Gasteiger partial charge in [-0.2, -0.15) is 0 Å². The highest BCUT2D eigenvalue weighted by Crippen LogP contribution is 2.31. The van der Waals surface area contributed by atoms with Crippen LogP contribution in [0.25, 0.3) is 0 Å². The molecule has 2 heteroatoms. The second-order valence-electron chi connectivity index (χ2n) is 5.19. The molecule has 0 amide bonds. The first kappa shape index (κ1) is 12.6. The second kappa shape index (κ2) is 5.30. The number of hydrogen-bond donors (Lipinski definition) is 0. The van der Waals surface area contributed by atoms with E-state index >= 15 is 0 Å². The fourth-order valence-corrected chi connectivity index (χ4v) is 3.91. The number of aryl methyl sites for hydroxylation is 3. The molecule has 19 heavy (non-hydrogen) atoms. The Balaban J connectivity index is 1.82. The Labute approximate surface area is 118 Å². The molecule has 0 aliphatic heterocycles. The average molecular weight is 270 g/mol. The standard InChI is InChI=1S/C17H18OS/c1-2-4-12-7-9-13(10-8-12)17(18)16-11-14-5-3-6-15(14)19-16/h7-11H,2-6H2,1H3. The van der Waals surface area contributed by atoms with Crippen LogP contribution in [0.2, 0.25) is 0 Å². The van der Waals surface area contributed by atoms with Gasteiger partial charge in [0.1, 0.15) is 0 Å². The zero-order valence-corrected chi connectivity index (χ0v) is 12.1. The third-order valence-corrected chi connectivity index (χ3v) is 4.96. The summed E-state index contributed by atoms with van der Waals surface area (Å²) in [6.07, 6.45) is 5.78. The summed E-state index contributed by atoms with van der Waals surface area (Å²) >= 11 is 1.69. The van der Waals surface area contributed by atoms with Gasteiger partial charge < -0.3 is 0 Å².